The highest BCUT2D eigenvalue weighted by molar-refractivity contribution is 5.91. The Bertz CT molecular complexity index is 338. The zero-order chi connectivity index (χ0) is 11.1. The molecule has 0 aliphatic heterocycles. The lowest BCUT2D eigenvalue weighted by Crippen LogP contribution is -2.29. The lowest BCUT2D eigenvalue weighted by atomic mass is 10.3. The Morgan fingerprint density at radius 3 is 2.47 bits per heavy atom. The van der Waals surface area contributed by atoms with E-state index in [1.807, 2.05) is 30.3 Å². The maximum atomic E-state index is 10.9. The molecule has 0 atom stereocenters. The Kier molecular flexibility index (Phi) is 4.15. The number of carbonyl (C=O) groups is 2. The number of imide groups is 1. The predicted molar refractivity (Wildman–Crippen MR) is 55.7 cm³/mol. The molecule has 1 rings (SSSR count). The molecule has 0 aliphatic carbocycles. The quantitative estimate of drug-likeness (QED) is 0.696. The highest BCUT2D eigenvalue weighted by atomic mass is 16.4. The van der Waals surface area contributed by atoms with Crippen molar-refractivity contribution in [2.75, 3.05) is 11.9 Å². The Balaban J connectivity index is 2.22. The molecule has 0 aliphatic rings. The highest BCUT2D eigenvalue weighted by Crippen LogP contribution is 2.04. The first-order valence-electron chi connectivity index (χ1n) is 4.50. The Labute approximate surface area is 87.1 Å². The van der Waals surface area contributed by atoms with Crippen molar-refractivity contribution in [3.8, 4) is 0 Å². The van der Waals surface area contributed by atoms with Crippen LogP contribution in [0.25, 0.3) is 0 Å². The van der Waals surface area contributed by atoms with Gasteiger partial charge in [-0.25, -0.2) is 4.79 Å². The topological polar surface area (TPSA) is 78.4 Å². The Hall–Kier alpha value is -2.04. The van der Waals surface area contributed by atoms with Crippen LogP contribution in [-0.4, -0.2) is 23.7 Å². The van der Waals surface area contributed by atoms with Gasteiger partial charge >= 0.3 is 6.09 Å². The fourth-order valence-corrected chi connectivity index (χ4v) is 1.06. The van der Waals surface area contributed by atoms with E-state index in [0.29, 0.717) is 6.54 Å². The highest BCUT2D eigenvalue weighted by Gasteiger charge is 2.03. The molecule has 0 fully saturated rings. The van der Waals surface area contributed by atoms with E-state index in [9.17, 15) is 9.59 Å². The molecule has 0 radical (unpaired) electrons. The second-order valence-corrected chi connectivity index (χ2v) is 2.90. The molecule has 2 amide bonds. The molecule has 0 saturated carbocycles. The molecule has 1 aromatic rings. The van der Waals surface area contributed by atoms with E-state index in [4.69, 9.17) is 5.11 Å². The van der Waals surface area contributed by atoms with Gasteiger partial charge in [0.2, 0.25) is 5.91 Å². The molecule has 15 heavy (non-hydrogen) atoms. The molecule has 0 heterocycles. The van der Waals surface area contributed by atoms with Gasteiger partial charge in [0.05, 0.1) is 0 Å². The predicted octanol–water partition coefficient (Wildman–Crippen LogP) is 1.28. The SMILES string of the molecule is O=C(O)NC(=O)CCNc1ccccc1. The zero-order valence-electron chi connectivity index (χ0n) is 8.06. The fraction of sp³-hybridized carbons (Fsp3) is 0.200. The minimum atomic E-state index is -1.32. The van der Waals surface area contributed by atoms with Gasteiger partial charge in [0.15, 0.2) is 0 Å². The van der Waals surface area contributed by atoms with Gasteiger partial charge in [-0.2, -0.15) is 0 Å². The van der Waals surface area contributed by atoms with Gasteiger partial charge in [0.25, 0.3) is 0 Å². The Morgan fingerprint density at radius 2 is 1.87 bits per heavy atom. The maximum Gasteiger partial charge on any atom is 0.411 e. The number of rotatable bonds is 4. The number of carbonyl (C=O) groups excluding carboxylic acids is 1. The second kappa shape index (κ2) is 5.64. The number of benzene rings is 1. The first kappa shape index (κ1) is 11.0. The van der Waals surface area contributed by atoms with Gasteiger partial charge in [0.1, 0.15) is 0 Å². The number of carboxylic acid groups (broad SMARTS) is 1. The van der Waals surface area contributed by atoms with Crippen LogP contribution < -0.4 is 10.6 Å². The summed E-state index contributed by atoms with van der Waals surface area (Å²) in [6.07, 6.45) is -1.19. The molecule has 80 valence electrons. The van der Waals surface area contributed by atoms with E-state index >= 15 is 0 Å². The van der Waals surface area contributed by atoms with Crippen LogP contribution in [0.5, 0.6) is 0 Å². The van der Waals surface area contributed by atoms with Gasteiger partial charge in [-0.05, 0) is 12.1 Å². The van der Waals surface area contributed by atoms with E-state index in [1.165, 1.54) is 0 Å². The molecule has 0 spiro atoms. The van der Waals surface area contributed by atoms with Crippen molar-refractivity contribution < 1.29 is 14.7 Å². The van der Waals surface area contributed by atoms with Crippen molar-refractivity contribution in [1.82, 2.24) is 5.32 Å². The number of para-hydroxylation sites is 1. The minimum Gasteiger partial charge on any atom is -0.465 e. The second-order valence-electron chi connectivity index (χ2n) is 2.90. The van der Waals surface area contributed by atoms with E-state index in [1.54, 1.807) is 5.32 Å². The maximum absolute atomic E-state index is 10.9. The third-order valence-electron chi connectivity index (χ3n) is 1.70. The molecule has 5 nitrogen and oxygen atoms in total. The number of hydrogen-bond acceptors (Lipinski definition) is 3. The van der Waals surface area contributed by atoms with Gasteiger partial charge in [-0.15, -0.1) is 0 Å². The number of amides is 2. The minimum absolute atomic E-state index is 0.126. The monoisotopic (exact) mass is 208 g/mol. The van der Waals surface area contributed by atoms with E-state index < -0.39 is 12.0 Å². The fourth-order valence-electron chi connectivity index (χ4n) is 1.06. The summed E-state index contributed by atoms with van der Waals surface area (Å²) >= 11 is 0. The van der Waals surface area contributed by atoms with E-state index in [0.717, 1.165) is 5.69 Å². The summed E-state index contributed by atoms with van der Waals surface area (Å²) < 4.78 is 0. The first-order chi connectivity index (χ1) is 7.18. The summed E-state index contributed by atoms with van der Waals surface area (Å²) in [5.74, 6) is -0.508. The summed E-state index contributed by atoms with van der Waals surface area (Å²) in [5.41, 5.74) is 0.903. The van der Waals surface area contributed by atoms with Gasteiger partial charge in [0, 0.05) is 18.7 Å². The van der Waals surface area contributed by atoms with Crippen LogP contribution in [-0.2, 0) is 4.79 Å². The third-order valence-corrected chi connectivity index (χ3v) is 1.70. The van der Waals surface area contributed by atoms with Crippen molar-refractivity contribution in [3.05, 3.63) is 30.3 Å². The molecule has 0 aromatic heterocycles. The molecular weight excluding hydrogens is 196 g/mol. The summed E-state index contributed by atoms with van der Waals surface area (Å²) in [5, 5.41) is 13.0. The van der Waals surface area contributed by atoms with E-state index in [2.05, 4.69) is 5.32 Å². The van der Waals surface area contributed by atoms with Crippen LogP contribution in [0.2, 0.25) is 0 Å². The molecule has 1 aromatic carbocycles. The van der Waals surface area contributed by atoms with Crippen LogP contribution in [0.3, 0.4) is 0 Å². The Morgan fingerprint density at radius 1 is 1.20 bits per heavy atom. The van der Waals surface area contributed by atoms with Crippen LogP contribution in [0.15, 0.2) is 30.3 Å². The van der Waals surface area contributed by atoms with Crippen molar-refractivity contribution in [2.45, 2.75) is 6.42 Å². The standard InChI is InChI=1S/C10H12N2O3/c13-9(12-10(14)15)6-7-11-8-4-2-1-3-5-8/h1-5,11H,6-7H2,(H,12,13)(H,14,15). The largest absolute Gasteiger partial charge is 0.465 e. The molecular formula is C10H12N2O3. The molecule has 3 N–H and O–H groups in total. The molecule has 0 bridgehead atoms. The lowest BCUT2D eigenvalue weighted by Gasteiger charge is -2.04. The molecule has 5 heteroatoms. The summed E-state index contributed by atoms with van der Waals surface area (Å²) in [6, 6.07) is 9.38. The smallest absolute Gasteiger partial charge is 0.411 e. The van der Waals surface area contributed by atoms with Crippen LogP contribution in [0.4, 0.5) is 10.5 Å². The van der Waals surface area contributed by atoms with Crippen LogP contribution in [0, 0.1) is 0 Å². The lowest BCUT2D eigenvalue weighted by molar-refractivity contribution is -0.120. The van der Waals surface area contributed by atoms with Crippen LogP contribution >= 0.6 is 0 Å². The van der Waals surface area contributed by atoms with Crippen molar-refractivity contribution in [2.24, 2.45) is 0 Å². The van der Waals surface area contributed by atoms with Gasteiger partial charge < -0.3 is 10.4 Å². The summed E-state index contributed by atoms with van der Waals surface area (Å²) in [6.45, 7) is 0.406. The van der Waals surface area contributed by atoms with E-state index in [-0.39, 0.29) is 6.42 Å². The number of nitrogens with one attached hydrogen (secondary N) is 2. The molecule has 0 unspecified atom stereocenters. The van der Waals surface area contributed by atoms with Crippen molar-refractivity contribution in [3.63, 3.8) is 0 Å². The number of anilines is 1. The number of hydrogen-bond donors (Lipinski definition) is 3. The third kappa shape index (κ3) is 4.66. The van der Waals surface area contributed by atoms with Crippen LogP contribution in [0.1, 0.15) is 6.42 Å². The summed E-state index contributed by atoms with van der Waals surface area (Å²) in [4.78, 5) is 21.0. The molecule has 0 saturated heterocycles. The van der Waals surface area contributed by atoms with Crippen molar-refractivity contribution >= 4 is 17.7 Å². The average molecular weight is 208 g/mol. The normalized spacial score (nSPS) is 9.33. The zero-order valence-corrected chi connectivity index (χ0v) is 8.06. The van der Waals surface area contributed by atoms with Crippen molar-refractivity contribution in [1.29, 1.82) is 0 Å². The average Bonchev–Trinajstić information content (AvgIpc) is 2.18. The summed E-state index contributed by atoms with van der Waals surface area (Å²) in [7, 11) is 0. The first-order valence-corrected chi connectivity index (χ1v) is 4.50. The van der Waals surface area contributed by atoms with Gasteiger partial charge in [-0.1, -0.05) is 18.2 Å². The van der Waals surface area contributed by atoms with Gasteiger partial charge in [-0.3, -0.25) is 10.1 Å².